The summed E-state index contributed by atoms with van der Waals surface area (Å²) in [6.07, 6.45) is 3.52. The fraction of sp³-hybridized carbons (Fsp3) is 0.250. The van der Waals surface area contributed by atoms with E-state index in [9.17, 15) is 4.79 Å². The number of carboxylic acid groups (broad SMARTS) is 1. The Morgan fingerprint density at radius 3 is 2.63 bits per heavy atom. The number of carboxylic acids is 1. The van der Waals surface area contributed by atoms with E-state index in [-0.39, 0.29) is 0 Å². The maximum Gasteiger partial charge on any atom is 0.335 e. The quantitative estimate of drug-likeness (QED) is 0.912. The monoisotopic (exact) mass is 255 g/mol. The molecule has 1 aromatic heterocycles. The first-order chi connectivity index (χ1) is 9.11. The lowest BCUT2D eigenvalue weighted by molar-refractivity contribution is 0.0696. The van der Waals surface area contributed by atoms with Crippen LogP contribution in [0.2, 0.25) is 0 Å². The summed E-state index contributed by atoms with van der Waals surface area (Å²) in [7, 11) is 0. The van der Waals surface area contributed by atoms with E-state index in [1.54, 1.807) is 12.1 Å². The highest BCUT2D eigenvalue weighted by Gasteiger charge is 2.10. The molecule has 98 valence electrons. The second kappa shape index (κ2) is 5.65. The van der Waals surface area contributed by atoms with Crippen molar-refractivity contribution in [1.29, 1.82) is 0 Å². The summed E-state index contributed by atoms with van der Waals surface area (Å²) < 4.78 is 0. The molecule has 0 bridgehead atoms. The van der Waals surface area contributed by atoms with Gasteiger partial charge in [0.05, 0.1) is 5.56 Å². The molecule has 3 nitrogen and oxygen atoms in total. The van der Waals surface area contributed by atoms with Crippen molar-refractivity contribution < 1.29 is 9.90 Å². The fourth-order valence-electron chi connectivity index (χ4n) is 2.07. The maximum atomic E-state index is 11.1. The topological polar surface area (TPSA) is 50.2 Å². The van der Waals surface area contributed by atoms with Gasteiger partial charge in [-0.05, 0) is 42.2 Å². The minimum absolute atomic E-state index is 0.364. The van der Waals surface area contributed by atoms with E-state index in [1.807, 2.05) is 25.3 Å². The molecule has 0 atom stereocenters. The van der Waals surface area contributed by atoms with Crippen LogP contribution >= 0.6 is 0 Å². The minimum atomic E-state index is -0.881. The molecule has 1 heterocycles. The molecule has 1 N–H and O–H groups in total. The van der Waals surface area contributed by atoms with Crippen LogP contribution in [0.1, 0.15) is 39.7 Å². The van der Waals surface area contributed by atoms with Crippen molar-refractivity contribution >= 4 is 5.97 Å². The normalized spacial score (nSPS) is 10.4. The highest BCUT2D eigenvalue weighted by molar-refractivity contribution is 5.89. The fourth-order valence-corrected chi connectivity index (χ4v) is 2.07. The second-order valence-electron chi connectivity index (χ2n) is 4.58. The Kier molecular flexibility index (Phi) is 3.95. The molecule has 0 aliphatic heterocycles. The molecular weight excluding hydrogens is 238 g/mol. The van der Waals surface area contributed by atoms with Crippen LogP contribution < -0.4 is 0 Å². The van der Waals surface area contributed by atoms with Gasteiger partial charge in [-0.15, -0.1) is 0 Å². The van der Waals surface area contributed by atoms with Gasteiger partial charge in [0.25, 0.3) is 0 Å². The Labute approximate surface area is 112 Å². The number of pyridine rings is 1. The van der Waals surface area contributed by atoms with E-state index < -0.39 is 5.97 Å². The summed E-state index contributed by atoms with van der Waals surface area (Å²) in [5.74, 6) is -0.881. The van der Waals surface area contributed by atoms with Gasteiger partial charge in [-0.25, -0.2) is 4.79 Å². The van der Waals surface area contributed by atoms with Gasteiger partial charge in [-0.3, -0.25) is 4.98 Å². The van der Waals surface area contributed by atoms with E-state index in [4.69, 9.17) is 5.11 Å². The molecule has 0 aliphatic carbocycles. The van der Waals surface area contributed by atoms with Gasteiger partial charge in [0.2, 0.25) is 0 Å². The molecule has 0 amide bonds. The first-order valence-corrected chi connectivity index (χ1v) is 6.37. The average molecular weight is 255 g/mol. The molecule has 0 saturated heterocycles. The van der Waals surface area contributed by atoms with Crippen molar-refractivity contribution in [3.63, 3.8) is 0 Å². The summed E-state index contributed by atoms with van der Waals surface area (Å²) >= 11 is 0. The molecule has 0 spiro atoms. The van der Waals surface area contributed by atoms with Crippen LogP contribution in [0.25, 0.3) is 0 Å². The number of hydrogen-bond donors (Lipinski definition) is 1. The van der Waals surface area contributed by atoms with Crippen LogP contribution in [0.3, 0.4) is 0 Å². The van der Waals surface area contributed by atoms with Crippen molar-refractivity contribution in [2.45, 2.75) is 26.7 Å². The molecule has 19 heavy (non-hydrogen) atoms. The zero-order valence-corrected chi connectivity index (χ0v) is 11.2. The number of benzene rings is 1. The van der Waals surface area contributed by atoms with Crippen LogP contribution in [0.15, 0.2) is 36.5 Å². The predicted molar refractivity (Wildman–Crippen MR) is 74.6 cm³/mol. The average Bonchev–Trinajstić information content (AvgIpc) is 2.41. The number of carbonyl (C=O) groups is 1. The predicted octanol–water partition coefficient (Wildman–Crippen LogP) is 3.24. The Hall–Kier alpha value is -2.16. The zero-order valence-electron chi connectivity index (χ0n) is 11.2. The lowest BCUT2D eigenvalue weighted by Gasteiger charge is -2.08. The molecule has 0 saturated carbocycles. The summed E-state index contributed by atoms with van der Waals surface area (Å²) in [5, 5.41) is 9.11. The second-order valence-corrected chi connectivity index (χ2v) is 4.58. The van der Waals surface area contributed by atoms with Gasteiger partial charge >= 0.3 is 5.97 Å². The molecule has 1 aromatic carbocycles. The number of aryl methyl sites for hydroxylation is 1. The minimum Gasteiger partial charge on any atom is -0.478 e. The van der Waals surface area contributed by atoms with Gasteiger partial charge in [0.15, 0.2) is 0 Å². The van der Waals surface area contributed by atoms with E-state index in [0.29, 0.717) is 12.0 Å². The van der Waals surface area contributed by atoms with Gasteiger partial charge in [-0.2, -0.15) is 0 Å². The molecule has 0 radical (unpaired) electrons. The largest absolute Gasteiger partial charge is 0.478 e. The van der Waals surface area contributed by atoms with Crippen molar-refractivity contribution in [3.8, 4) is 0 Å². The van der Waals surface area contributed by atoms with Gasteiger partial charge < -0.3 is 5.11 Å². The summed E-state index contributed by atoms with van der Waals surface area (Å²) in [5.41, 5.74) is 4.36. The molecule has 2 rings (SSSR count). The smallest absolute Gasteiger partial charge is 0.335 e. The number of nitrogens with zero attached hydrogens (tertiary/aromatic N) is 1. The van der Waals surface area contributed by atoms with Crippen LogP contribution in [0.4, 0.5) is 0 Å². The summed E-state index contributed by atoms with van der Waals surface area (Å²) in [6.45, 7) is 3.94. The first-order valence-electron chi connectivity index (χ1n) is 6.37. The molecule has 0 fully saturated rings. The summed E-state index contributed by atoms with van der Waals surface area (Å²) in [6, 6.07) is 9.45. The van der Waals surface area contributed by atoms with Crippen LogP contribution in [-0.2, 0) is 12.8 Å². The Morgan fingerprint density at radius 1 is 1.26 bits per heavy atom. The van der Waals surface area contributed by atoms with Gasteiger partial charge in [0, 0.05) is 18.3 Å². The van der Waals surface area contributed by atoms with Crippen molar-refractivity contribution in [2.75, 3.05) is 0 Å². The van der Waals surface area contributed by atoms with Crippen LogP contribution in [0.5, 0.6) is 0 Å². The highest BCUT2D eigenvalue weighted by Crippen LogP contribution is 2.17. The van der Waals surface area contributed by atoms with Gasteiger partial charge in [0.1, 0.15) is 0 Å². The first kappa shape index (κ1) is 13.3. The number of rotatable bonds is 4. The lowest BCUT2D eigenvalue weighted by Crippen LogP contribution is -2.03. The summed E-state index contributed by atoms with van der Waals surface area (Å²) in [4.78, 5) is 15.5. The molecule has 0 aliphatic rings. The van der Waals surface area contributed by atoms with Crippen molar-refractivity contribution in [2.24, 2.45) is 0 Å². The van der Waals surface area contributed by atoms with Crippen LogP contribution in [-0.4, -0.2) is 16.1 Å². The molecule has 2 aromatic rings. The molecular formula is C16H17NO2. The third kappa shape index (κ3) is 2.99. The van der Waals surface area contributed by atoms with Crippen molar-refractivity contribution in [1.82, 2.24) is 4.98 Å². The Morgan fingerprint density at radius 2 is 2.05 bits per heavy atom. The Balaban J connectivity index is 2.27. The van der Waals surface area contributed by atoms with E-state index in [0.717, 1.165) is 23.2 Å². The third-order valence-corrected chi connectivity index (χ3v) is 3.34. The standard InChI is InChI=1S/C16H17NO2/c1-3-12-7-8-14(17-10-12)9-13-5-4-6-15(11(13)2)16(18)19/h4-8,10H,3,9H2,1-2H3,(H,18,19). The van der Waals surface area contributed by atoms with Crippen LogP contribution in [0, 0.1) is 6.92 Å². The number of hydrogen-bond acceptors (Lipinski definition) is 2. The third-order valence-electron chi connectivity index (χ3n) is 3.34. The van der Waals surface area contributed by atoms with E-state index in [2.05, 4.69) is 18.0 Å². The van der Waals surface area contributed by atoms with Gasteiger partial charge in [-0.1, -0.05) is 25.1 Å². The van der Waals surface area contributed by atoms with E-state index >= 15 is 0 Å². The Bertz CT molecular complexity index is 588. The van der Waals surface area contributed by atoms with E-state index in [1.165, 1.54) is 5.56 Å². The number of aromatic nitrogens is 1. The highest BCUT2D eigenvalue weighted by atomic mass is 16.4. The lowest BCUT2D eigenvalue weighted by atomic mass is 9.98. The number of aromatic carboxylic acids is 1. The maximum absolute atomic E-state index is 11.1. The zero-order chi connectivity index (χ0) is 13.8. The van der Waals surface area contributed by atoms with Crippen molar-refractivity contribution in [3.05, 3.63) is 64.5 Å². The molecule has 0 unspecified atom stereocenters. The SMILES string of the molecule is CCc1ccc(Cc2cccc(C(=O)O)c2C)nc1. The molecule has 3 heteroatoms.